The van der Waals surface area contributed by atoms with Crippen LogP contribution in [0.25, 0.3) is 0 Å². The van der Waals surface area contributed by atoms with Gasteiger partial charge in [-0.15, -0.1) is 0 Å². The Bertz CT molecular complexity index is 318. The molecule has 1 atom stereocenters. The second kappa shape index (κ2) is 13.7. The number of hydrogen-bond acceptors (Lipinski definition) is 4. The number of aliphatic hydroxyl groups excluding tert-OH is 1. The number of aliphatic hydroxyl groups is 2. The highest BCUT2D eigenvalue weighted by molar-refractivity contribution is 4.92. The summed E-state index contributed by atoms with van der Waals surface area (Å²) >= 11 is 0. The monoisotopic (exact) mass is 344 g/mol. The van der Waals surface area contributed by atoms with E-state index in [1.165, 1.54) is 0 Å². The summed E-state index contributed by atoms with van der Waals surface area (Å²) in [6.45, 7) is 11.0. The molecule has 0 bridgehead atoms. The van der Waals surface area contributed by atoms with Crippen LogP contribution in [0.4, 0.5) is 0 Å². The van der Waals surface area contributed by atoms with Crippen molar-refractivity contribution in [1.82, 2.24) is 0 Å². The van der Waals surface area contributed by atoms with Gasteiger partial charge in [-0.25, -0.2) is 0 Å². The Morgan fingerprint density at radius 3 is 2.33 bits per heavy atom. The summed E-state index contributed by atoms with van der Waals surface area (Å²) < 4.78 is 12.0. The van der Waals surface area contributed by atoms with Crippen molar-refractivity contribution in [3.63, 3.8) is 0 Å². The molecule has 0 heterocycles. The molecule has 0 aliphatic heterocycles. The Morgan fingerprint density at radius 1 is 1.08 bits per heavy atom. The van der Waals surface area contributed by atoms with E-state index in [2.05, 4.69) is 26.8 Å². The summed E-state index contributed by atoms with van der Waals surface area (Å²) in [6, 6.07) is 0. The Balaban J connectivity index is 4.10. The lowest BCUT2D eigenvalue weighted by molar-refractivity contribution is -0.144. The molecule has 0 saturated heterocycles. The van der Waals surface area contributed by atoms with E-state index in [1.807, 2.05) is 13.8 Å². The van der Waals surface area contributed by atoms with Crippen LogP contribution in [0, 0.1) is 5.92 Å². The second-order valence-corrected chi connectivity index (χ2v) is 7.47. The smallest absolute Gasteiger partial charge is 0.201 e. The third kappa shape index (κ3) is 13.8. The molecule has 0 fully saturated rings. The Morgan fingerprint density at radius 2 is 1.79 bits per heavy atom. The van der Waals surface area contributed by atoms with E-state index in [4.69, 9.17) is 14.6 Å². The average molecular weight is 345 g/mol. The highest BCUT2D eigenvalue weighted by Gasteiger charge is 2.16. The third-order valence-corrected chi connectivity index (χ3v) is 3.86. The highest BCUT2D eigenvalue weighted by Crippen LogP contribution is 2.18. The Hall–Kier alpha value is -0.580. The molecule has 4 heteroatoms. The number of rotatable bonds is 15. The van der Waals surface area contributed by atoms with Crippen molar-refractivity contribution in [2.24, 2.45) is 5.92 Å². The van der Waals surface area contributed by atoms with Gasteiger partial charge in [0.05, 0.1) is 18.0 Å². The lowest BCUT2D eigenvalue weighted by atomic mass is 10.0. The molecule has 24 heavy (non-hydrogen) atoms. The first-order valence-corrected chi connectivity index (χ1v) is 9.60. The molecule has 0 aliphatic carbocycles. The van der Waals surface area contributed by atoms with E-state index in [-0.39, 0.29) is 12.9 Å². The predicted octanol–water partition coefficient (Wildman–Crippen LogP) is 4.79. The van der Waals surface area contributed by atoms with E-state index >= 15 is 0 Å². The molecule has 0 aliphatic rings. The number of hydrogen-bond donors (Lipinski definition) is 2. The van der Waals surface area contributed by atoms with Crippen molar-refractivity contribution in [1.29, 1.82) is 0 Å². The van der Waals surface area contributed by atoms with Crippen LogP contribution < -0.4 is 0 Å². The highest BCUT2D eigenvalue weighted by atomic mass is 16.7. The van der Waals surface area contributed by atoms with Crippen molar-refractivity contribution in [2.75, 3.05) is 13.2 Å². The first-order valence-electron chi connectivity index (χ1n) is 9.60. The van der Waals surface area contributed by atoms with Crippen molar-refractivity contribution in [3.8, 4) is 0 Å². The lowest BCUT2D eigenvalue weighted by Gasteiger charge is -2.24. The van der Waals surface area contributed by atoms with Crippen LogP contribution in [0.2, 0.25) is 0 Å². The van der Waals surface area contributed by atoms with Crippen LogP contribution in [-0.2, 0) is 9.47 Å². The molecule has 144 valence electrons. The van der Waals surface area contributed by atoms with E-state index in [1.54, 1.807) is 0 Å². The first kappa shape index (κ1) is 23.4. The predicted molar refractivity (Wildman–Crippen MR) is 99.7 cm³/mol. The van der Waals surface area contributed by atoms with Gasteiger partial charge in [0.25, 0.3) is 0 Å². The fraction of sp³-hybridized carbons (Fsp3) is 0.900. The van der Waals surface area contributed by atoms with Gasteiger partial charge in [-0.1, -0.05) is 33.6 Å². The van der Waals surface area contributed by atoms with Gasteiger partial charge in [-0.2, -0.15) is 0 Å². The van der Waals surface area contributed by atoms with Crippen LogP contribution in [0.1, 0.15) is 86.0 Å². The van der Waals surface area contributed by atoms with Crippen LogP contribution in [0.3, 0.4) is 0 Å². The number of unbranched alkanes of at least 4 members (excludes halogenated alkanes) is 4. The molecule has 0 aromatic rings. The van der Waals surface area contributed by atoms with Gasteiger partial charge in [0.15, 0.2) is 0 Å². The summed E-state index contributed by atoms with van der Waals surface area (Å²) in [6.07, 6.45) is 9.43. The van der Waals surface area contributed by atoms with Crippen LogP contribution in [-0.4, -0.2) is 35.3 Å². The Kier molecular flexibility index (Phi) is 13.4. The first-order chi connectivity index (χ1) is 11.3. The fourth-order valence-electron chi connectivity index (χ4n) is 2.34. The largest absolute Gasteiger partial charge is 0.469 e. The zero-order valence-corrected chi connectivity index (χ0v) is 16.5. The summed E-state index contributed by atoms with van der Waals surface area (Å²) in [4.78, 5) is 0. The summed E-state index contributed by atoms with van der Waals surface area (Å²) in [7, 11) is 0. The quantitative estimate of drug-likeness (QED) is 0.255. The molecule has 0 spiro atoms. The molecule has 1 unspecified atom stereocenters. The van der Waals surface area contributed by atoms with Gasteiger partial charge in [0, 0.05) is 18.9 Å². The van der Waals surface area contributed by atoms with Crippen molar-refractivity contribution in [2.45, 2.75) is 97.9 Å². The van der Waals surface area contributed by atoms with Gasteiger partial charge in [-0.05, 0) is 52.0 Å². The maximum atomic E-state index is 9.69. The zero-order valence-electron chi connectivity index (χ0n) is 16.5. The second-order valence-electron chi connectivity index (χ2n) is 7.47. The minimum Gasteiger partial charge on any atom is -0.469 e. The van der Waals surface area contributed by atoms with Crippen molar-refractivity contribution in [3.05, 3.63) is 11.8 Å². The van der Waals surface area contributed by atoms with E-state index in [0.717, 1.165) is 57.1 Å². The molecular formula is C20H40O4. The van der Waals surface area contributed by atoms with Crippen LogP contribution in [0.5, 0.6) is 0 Å². The Labute approximate surface area is 149 Å². The molecule has 0 saturated carbocycles. The molecule has 0 amide bonds. The third-order valence-electron chi connectivity index (χ3n) is 3.86. The van der Waals surface area contributed by atoms with E-state index < -0.39 is 5.60 Å². The molecule has 0 radical (unpaired) electrons. The van der Waals surface area contributed by atoms with E-state index in [0.29, 0.717) is 12.5 Å². The normalized spacial score (nSPS) is 14.2. The molecular weight excluding hydrogens is 304 g/mol. The molecule has 0 aromatic carbocycles. The summed E-state index contributed by atoms with van der Waals surface area (Å²) in [5.41, 5.74) is -0.568. The standard InChI is InChI=1S/C20H40O4/c1-6-18(13-9-7-11-15-21)24-19(17(2)3)23-16-12-8-10-14-20(4,5)22/h13,17,19,21-22H,6-12,14-16H2,1-5H3/b18-13+. The van der Waals surface area contributed by atoms with Gasteiger partial charge in [0.1, 0.15) is 0 Å². The minimum atomic E-state index is -0.568. The molecule has 0 aromatic heterocycles. The number of ether oxygens (including phenoxy) is 2. The summed E-state index contributed by atoms with van der Waals surface area (Å²) in [5, 5.41) is 18.5. The summed E-state index contributed by atoms with van der Waals surface area (Å²) in [5.74, 6) is 1.28. The average Bonchev–Trinajstić information content (AvgIpc) is 2.50. The molecule has 4 nitrogen and oxygen atoms in total. The molecule has 0 rings (SSSR count). The van der Waals surface area contributed by atoms with E-state index in [9.17, 15) is 5.11 Å². The topological polar surface area (TPSA) is 58.9 Å². The lowest BCUT2D eigenvalue weighted by Crippen LogP contribution is -2.24. The maximum absolute atomic E-state index is 9.69. The minimum absolute atomic E-state index is 0.205. The zero-order chi connectivity index (χ0) is 18.4. The van der Waals surface area contributed by atoms with Gasteiger partial charge >= 0.3 is 0 Å². The van der Waals surface area contributed by atoms with Gasteiger partial charge in [-0.3, -0.25) is 0 Å². The van der Waals surface area contributed by atoms with Gasteiger partial charge in [0.2, 0.25) is 6.29 Å². The van der Waals surface area contributed by atoms with Crippen molar-refractivity contribution < 1.29 is 19.7 Å². The van der Waals surface area contributed by atoms with Gasteiger partial charge < -0.3 is 19.7 Å². The van der Waals surface area contributed by atoms with Crippen LogP contribution >= 0.6 is 0 Å². The fourth-order valence-corrected chi connectivity index (χ4v) is 2.34. The maximum Gasteiger partial charge on any atom is 0.201 e. The molecule has 2 N–H and O–H groups in total. The van der Waals surface area contributed by atoms with Crippen molar-refractivity contribution >= 4 is 0 Å². The number of allylic oxidation sites excluding steroid dienone is 2. The van der Waals surface area contributed by atoms with Crippen LogP contribution in [0.15, 0.2) is 11.8 Å². The SMILES string of the molecule is CC/C(=C\CCCCO)OC(OCCCCCC(C)(C)O)C(C)C.